The van der Waals surface area contributed by atoms with Gasteiger partial charge in [-0.3, -0.25) is 9.59 Å². The van der Waals surface area contributed by atoms with Crippen molar-refractivity contribution >= 4 is 11.9 Å². The van der Waals surface area contributed by atoms with Crippen LogP contribution in [-0.4, -0.2) is 53.2 Å². The third-order valence-electron chi connectivity index (χ3n) is 3.53. The number of carbonyl (C=O) groups is 2. The Morgan fingerprint density at radius 2 is 2.29 bits per heavy atom. The zero-order valence-electron chi connectivity index (χ0n) is 9.72. The zero-order chi connectivity index (χ0) is 12.5. The molecule has 2 rings (SSSR count). The van der Waals surface area contributed by atoms with Gasteiger partial charge >= 0.3 is 5.97 Å². The largest absolute Gasteiger partial charge is 0.481 e. The average molecular weight is 242 g/mol. The summed E-state index contributed by atoms with van der Waals surface area (Å²) in [6.45, 7) is 1.34. The van der Waals surface area contributed by atoms with Gasteiger partial charge in [0.25, 0.3) is 0 Å². The molecule has 2 aliphatic rings. The van der Waals surface area contributed by atoms with Gasteiger partial charge in [-0.15, -0.1) is 0 Å². The second-order valence-corrected chi connectivity index (χ2v) is 4.85. The van der Waals surface area contributed by atoms with Gasteiger partial charge in [-0.2, -0.15) is 0 Å². The molecule has 3 N–H and O–H groups in total. The standard InChI is InChI=1S/C11H18N2O4/c12-11(3-5-17-7-11)10(16)13-4-1-2-8(13)6-9(14)15/h8H,1-7,12H2,(H,14,15). The number of carboxylic acid groups (broad SMARTS) is 1. The quantitative estimate of drug-likeness (QED) is 0.700. The topological polar surface area (TPSA) is 92.9 Å². The first-order valence-corrected chi connectivity index (χ1v) is 5.92. The number of carbonyl (C=O) groups excluding carboxylic acids is 1. The van der Waals surface area contributed by atoms with Gasteiger partial charge in [0.15, 0.2) is 0 Å². The van der Waals surface area contributed by atoms with Crippen LogP contribution in [0.3, 0.4) is 0 Å². The normalized spacial score (nSPS) is 33.0. The Bertz CT molecular complexity index is 325. The molecule has 0 aromatic rings. The van der Waals surface area contributed by atoms with Crippen molar-refractivity contribution < 1.29 is 19.4 Å². The molecular weight excluding hydrogens is 224 g/mol. The van der Waals surface area contributed by atoms with E-state index in [1.807, 2.05) is 0 Å². The summed E-state index contributed by atoms with van der Waals surface area (Å²) >= 11 is 0. The van der Waals surface area contributed by atoms with E-state index in [-0.39, 0.29) is 25.0 Å². The van der Waals surface area contributed by atoms with E-state index < -0.39 is 11.5 Å². The fraction of sp³-hybridized carbons (Fsp3) is 0.818. The van der Waals surface area contributed by atoms with Crippen molar-refractivity contribution in [3.8, 4) is 0 Å². The summed E-state index contributed by atoms with van der Waals surface area (Å²) < 4.78 is 5.17. The molecule has 1 amide bonds. The van der Waals surface area contributed by atoms with Gasteiger partial charge in [-0.05, 0) is 19.3 Å². The van der Waals surface area contributed by atoms with Crippen molar-refractivity contribution in [2.75, 3.05) is 19.8 Å². The molecule has 0 aromatic carbocycles. The minimum atomic E-state index is -0.943. The van der Waals surface area contributed by atoms with Crippen LogP contribution >= 0.6 is 0 Å². The van der Waals surface area contributed by atoms with E-state index in [1.54, 1.807) is 4.90 Å². The molecule has 2 fully saturated rings. The fourth-order valence-electron chi connectivity index (χ4n) is 2.55. The Balaban J connectivity index is 2.05. The molecule has 2 aliphatic heterocycles. The second-order valence-electron chi connectivity index (χ2n) is 4.85. The first-order valence-electron chi connectivity index (χ1n) is 5.92. The summed E-state index contributed by atoms with van der Waals surface area (Å²) in [6.07, 6.45) is 2.11. The average Bonchev–Trinajstić information content (AvgIpc) is 2.86. The van der Waals surface area contributed by atoms with Crippen molar-refractivity contribution in [1.82, 2.24) is 4.90 Å². The van der Waals surface area contributed by atoms with Crippen LogP contribution in [0.15, 0.2) is 0 Å². The number of amides is 1. The first kappa shape index (κ1) is 12.3. The van der Waals surface area contributed by atoms with Crippen molar-refractivity contribution in [2.45, 2.75) is 37.3 Å². The molecule has 0 radical (unpaired) electrons. The predicted octanol–water partition coefficient (Wildman–Crippen LogP) is -0.430. The third kappa shape index (κ3) is 2.42. The highest BCUT2D eigenvalue weighted by atomic mass is 16.5. The van der Waals surface area contributed by atoms with E-state index in [2.05, 4.69) is 0 Å². The van der Waals surface area contributed by atoms with Gasteiger partial charge in [-0.1, -0.05) is 0 Å². The van der Waals surface area contributed by atoms with Gasteiger partial charge in [0.1, 0.15) is 5.54 Å². The number of nitrogens with zero attached hydrogens (tertiary/aromatic N) is 1. The molecule has 2 unspecified atom stereocenters. The van der Waals surface area contributed by atoms with Gasteiger partial charge in [0.05, 0.1) is 13.0 Å². The molecule has 2 atom stereocenters. The molecule has 0 aliphatic carbocycles. The number of rotatable bonds is 3. The van der Waals surface area contributed by atoms with Crippen molar-refractivity contribution in [3.05, 3.63) is 0 Å². The Kier molecular flexibility index (Phi) is 3.35. The first-order chi connectivity index (χ1) is 8.03. The summed E-state index contributed by atoms with van der Waals surface area (Å²) in [5.41, 5.74) is 5.07. The monoisotopic (exact) mass is 242 g/mol. The highest BCUT2D eigenvalue weighted by Gasteiger charge is 2.44. The highest BCUT2D eigenvalue weighted by Crippen LogP contribution is 2.26. The van der Waals surface area contributed by atoms with Crippen LogP contribution in [0.25, 0.3) is 0 Å². The molecule has 0 saturated carbocycles. The van der Waals surface area contributed by atoms with Crippen LogP contribution in [0.2, 0.25) is 0 Å². The molecule has 0 aromatic heterocycles. The van der Waals surface area contributed by atoms with E-state index >= 15 is 0 Å². The molecule has 6 nitrogen and oxygen atoms in total. The summed E-state index contributed by atoms with van der Waals surface area (Å²) in [7, 11) is 0. The number of ether oxygens (including phenoxy) is 1. The summed E-state index contributed by atoms with van der Waals surface area (Å²) in [6, 6.07) is -0.207. The van der Waals surface area contributed by atoms with Gasteiger partial charge in [0.2, 0.25) is 5.91 Å². The van der Waals surface area contributed by atoms with Crippen molar-refractivity contribution in [3.63, 3.8) is 0 Å². The molecule has 6 heteroatoms. The maximum Gasteiger partial charge on any atom is 0.305 e. The van der Waals surface area contributed by atoms with Crippen molar-refractivity contribution in [2.24, 2.45) is 5.73 Å². The lowest BCUT2D eigenvalue weighted by molar-refractivity contribution is -0.142. The van der Waals surface area contributed by atoms with E-state index in [0.29, 0.717) is 19.6 Å². The molecule has 2 saturated heterocycles. The van der Waals surface area contributed by atoms with Gasteiger partial charge in [0, 0.05) is 19.2 Å². The number of likely N-dealkylation sites (tertiary alicyclic amines) is 1. The minimum Gasteiger partial charge on any atom is -0.481 e. The highest BCUT2D eigenvalue weighted by molar-refractivity contribution is 5.87. The Morgan fingerprint density at radius 3 is 2.88 bits per heavy atom. The summed E-state index contributed by atoms with van der Waals surface area (Å²) in [5, 5.41) is 8.81. The lowest BCUT2D eigenvalue weighted by Gasteiger charge is -2.31. The summed E-state index contributed by atoms with van der Waals surface area (Å²) in [4.78, 5) is 24.6. The number of aliphatic carboxylic acids is 1. The molecule has 0 spiro atoms. The van der Waals surface area contributed by atoms with E-state index in [0.717, 1.165) is 12.8 Å². The predicted molar refractivity (Wildman–Crippen MR) is 59.3 cm³/mol. The molecular formula is C11H18N2O4. The Morgan fingerprint density at radius 1 is 1.53 bits per heavy atom. The number of nitrogens with two attached hydrogens (primary N) is 1. The maximum absolute atomic E-state index is 12.3. The molecule has 0 bridgehead atoms. The van der Waals surface area contributed by atoms with E-state index in [4.69, 9.17) is 15.6 Å². The van der Waals surface area contributed by atoms with Crippen LogP contribution < -0.4 is 5.73 Å². The minimum absolute atomic E-state index is 0.00266. The van der Waals surface area contributed by atoms with Crippen LogP contribution in [0.1, 0.15) is 25.7 Å². The van der Waals surface area contributed by atoms with Gasteiger partial charge in [-0.25, -0.2) is 0 Å². The molecule has 96 valence electrons. The summed E-state index contributed by atoms with van der Waals surface area (Å²) in [5.74, 6) is -1.03. The van der Waals surface area contributed by atoms with Crippen molar-refractivity contribution in [1.29, 1.82) is 0 Å². The molecule has 17 heavy (non-hydrogen) atoms. The van der Waals surface area contributed by atoms with Crippen LogP contribution in [-0.2, 0) is 14.3 Å². The van der Waals surface area contributed by atoms with E-state index in [1.165, 1.54) is 0 Å². The van der Waals surface area contributed by atoms with Crippen LogP contribution in [0.5, 0.6) is 0 Å². The lowest BCUT2D eigenvalue weighted by Crippen LogP contribution is -2.57. The lowest BCUT2D eigenvalue weighted by atomic mass is 9.97. The number of hydrogen-bond acceptors (Lipinski definition) is 4. The van der Waals surface area contributed by atoms with Crippen LogP contribution in [0, 0.1) is 0 Å². The smallest absolute Gasteiger partial charge is 0.305 e. The Labute approximate surface area is 99.7 Å². The zero-order valence-corrected chi connectivity index (χ0v) is 9.72. The number of carboxylic acids is 1. The third-order valence-corrected chi connectivity index (χ3v) is 3.53. The Hall–Kier alpha value is -1.14. The maximum atomic E-state index is 12.3. The van der Waals surface area contributed by atoms with Crippen LogP contribution in [0.4, 0.5) is 0 Å². The fourth-order valence-corrected chi connectivity index (χ4v) is 2.55. The van der Waals surface area contributed by atoms with Gasteiger partial charge < -0.3 is 20.5 Å². The number of hydrogen-bond donors (Lipinski definition) is 2. The second kappa shape index (κ2) is 4.62. The SMILES string of the molecule is NC1(C(=O)N2CCCC2CC(=O)O)CCOC1. The van der Waals surface area contributed by atoms with E-state index in [9.17, 15) is 9.59 Å². The molecule has 2 heterocycles.